The monoisotopic (exact) mass is 482 g/mol. The minimum absolute atomic E-state index is 0.123. The van der Waals surface area contributed by atoms with E-state index in [1.807, 2.05) is 82.3 Å². The minimum Gasteiger partial charge on any atom is -0.349 e. The molecule has 176 valence electrons. The van der Waals surface area contributed by atoms with Gasteiger partial charge in [-0.25, -0.2) is 4.98 Å². The van der Waals surface area contributed by atoms with Crippen LogP contribution in [0, 0.1) is 27.7 Å². The summed E-state index contributed by atoms with van der Waals surface area (Å²) >= 11 is 1.26. The van der Waals surface area contributed by atoms with E-state index in [9.17, 15) is 9.59 Å². The van der Waals surface area contributed by atoms with Gasteiger partial charge in [0.25, 0.3) is 5.56 Å². The van der Waals surface area contributed by atoms with Crippen molar-refractivity contribution < 1.29 is 4.79 Å². The molecule has 0 saturated carbocycles. The fraction of sp³-hybridized carbons (Fsp3) is 0.179. The standard InChI is InChI=1S/C28H26N4O2S/c1-16-9-10-22(19(4)12-16)29-24(33)15-35-28-31-25-21-7-5-6-8-23(21)30-26(25)27(34)32(28)20-13-17(2)11-18(3)14-20/h5-14,30H,15H2,1-4H3,(H,29,33). The molecule has 0 fully saturated rings. The second-order valence-corrected chi connectivity index (χ2v) is 9.87. The Hall–Kier alpha value is -3.84. The average molecular weight is 483 g/mol. The quantitative estimate of drug-likeness (QED) is 0.244. The van der Waals surface area contributed by atoms with Crippen LogP contribution in [0.5, 0.6) is 0 Å². The van der Waals surface area contributed by atoms with Crippen molar-refractivity contribution in [3.63, 3.8) is 0 Å². The number of rotatable bonds is 5. The number of aromatic nitrogens is 3. The Kier molecular flexibility index (Phi) is 5.94. The lowest BCUT2D eigenvalue weighted by atomic mass is 10.1. The highest BCUT2D eigenvalue weighted by Gasteiger charge is 2.18. The first kappa shape index (κ1) is 22.9. The first-order valence-electron chi connectivity index (χ1n) is 11.4. The number of aryl methyl sites for hydroxylation is 4. The van der Waals surface area contributed by atoms with Gasteiger partial charge in [0.15, 0.2) is 5.16 Å². The van der Waals surface area contributed by atoms with Gasteiger partial charge in [-0.1, -0.05) is 53.7 Å². The largest absolute Gasteiger partial charge is 0.349 e. The molecule has 5 aromatic rings. The van der Waals surface area contributed by atoms with Crippen molar-refractivity contribution >= 4 is 45.3 Å². The van der Waals surface area contributed by atoms with Gasteiger partial charge in [0.05, 0.1) is 11.4 Å². The molecule has 5 rings (SSSR count). The van der Waals surface area contributed by atoms with E-state index in [1.54, 1.807) is 4.57 Å². The molecule has 0 spiro atoms. The van der Waals surface area contributed by atoms with Crippen molar-refractivity contribution in [2.24, 2.45) is 0 Å². The average Bonchev–Trinajstić information content (AvgIpc) is 3.18. The summed E-state index contributed by atoms with van der Waals surface area (Å²) in [7, 11) is 0. The second-order valence-electron chi connectivity index (χ2n) is 8.93. The molecule has 35 heavy (non-hydrogen) atoms. The van der Waals surface area contributed by atoms with Crippen LogP contribution >= 0.6 is 11.8 Å². The number of benzene rings is 3. The van der Waals surface area contributed by atoms with Crippen molar-refractivity contribution in [3.05, 3.63) is 93.3 Å². The predicted molar refractivity (Wildman–Crippen MR) is 144 cm³/mol. The van der Waals surface area contributed by atoms with E-state index >= 15 is 0 Å². The Morgan fingerprint density at radius 1 is 0.971 bits per heavy atom. The molecule has 2 aromatic heterocycles. The summed E-state index contributed by atoms with van der Waals surface area (Å²) in [4.78, 5) is 34.7. The van der Waals surface area contributed by atoms with Crippen LogP contribution in [0.15, 0.2) is 70.6 Å². The molecular formula is C28H26N4O2S. The number of carbonyl (C=O) groups is 1. The minimum atomic E-state index is -0.187. The number of para-hydroxylation sites is 1. The first-order valence-corrected chi connectivity index (χ1v) is 12.4. The number of amides is 1. The highest BCUT2D eigenvalue weighted by atomic mass is 32.2. The van der Waals surface area contributed by atoms with Crippen molar-refractivity contribution in [2.45, 2.75) is 32.9 Å². The number of H-pyrrole nitrogens is 1. The van der Waals surface area contributed by atoms with Crippen LogP contribution in [-0.2, 0) is 4.79 Å². The van der Waals surface area contributed by atoms with Gasteiger partial charge in [-0.05, 0) is 68.7 Å². The lowest BCUT2D eigenvalue weighted by molar-refractivity contribution is -0.113. The molecule has 0 unspecified atom stereocenters. The molecule has 6 nitrogen and oxygen atoms in total. The lowest BCUT2D eigenvalue weighted by Gasteiger charge is -2.14. The van der Waals surface area contributed by atoms with Crippen LogP contribution in [0.1, 0.15) is 22.3 Å². The number of hydrogen-bond acceptors (Lipinski definition) is 4. The van der Waals surface area contributed by atoms with Gasteiger partial charge in [0, 0.05) is 16.6 Å². The van der Waals surface area contributed by atoms with Gasteiger partial charge in [-0.2, -0.15) is 0 Å². The molecule has 0 aliphatic carbocycles. The molecule has 0 bridgehead atoms. The Bertz CT molecular complexity index is 1650. The zero-order chi connectivity index (χ0) is 24.7. The van der Waals surface area contributed by atoms with E-state index in [-0.39, 0.29) is 17.2 Å². The maximum Gasteiger partial charge on any atom is 0.283 e. The maximum atomic E-state index is 13.7. The lowest BCUT2D eigenvalue weighted by Crippen LogP contribution is -2.23. The SMILES string of the molecule is Cc1cc(C)cc(-n2c(SCC(=O)Nc3ccc(C)cc3C)nc3c([nH]c4ccccc43)c2=O)c1. The molecule has 1 amide bonds. The van der Waals surface area contributed by atoms with Gasteiger partial charge in [0.2, 0.25) is 5.91 Å². The fourth-order valence-corrected chi connectivity index (χ4v) is 5.22. The van der Waals surface area contributed by atoms with E-state index in [2.05, 4.69) is 16.4 Å². The Morgan fingerprint density at radius 3 is 2.46 bits per heavy atom. The van der Waals surface area contributed by atoms with Crippen molar-refractivity contribution in [2.75, 3.05) is 11.1 Å². The molecule has 0 aliphatic heterocycles. The number of thioether (sulfide) groups is 1. The summed E-state index contributed by atoms with van der Waals surface area (Å²) in [5, 5.41) is 4.34. The van der Waals surface area contributed by atoms with E-state index in [1.165, 1.54) is 11.8 Å². The Morgan fingerprint density at radius 2 is 1.71 bits per heavy atom. The first-order chi connectivity index (χ1) is 16.8. The third kappa shape index (κ3) is 4.47. The Balaban J connectivity index is 1.57. The summed E-state index contributed by atoms with van der Waals surface area (Å²) in [6, 6.07) is 19.6. The number of hydrogen-bond donors (Lipinski definition) is 2. The van der Waals surface area contributed by atoms with E-state index in [0.717, 1.165) is 44.5 Å². The van der Waals surface area contributed by atoms with Crippen molar-refractivity contribution in [3.8, 4) is 5.69 Å². The van der Waals surface area contributed by atoms with Gasteiger partial charge < -0.3 is 10.3 Å². The molecule has 7 heteroatoms. The third-order valence-electron chi connectivity index (χ3n) is 5.95. The van der Waals surface area contributed by atoms with E-state index < -0.39 is 0 Å². The number of fused-ring (bicyclic) bond motifs is 3. The van der Waals surface area contributed by atoms with Gasteiger partial charge in [0.1, 0.15) is 11.0 Å². The summed E-state index contributed by atoms with van der Waals surface area (Å²) in [6.45, 7) is 7.99. The van der Waals surface area contributed by atoms with Crippen molar-refractivity contribution in [1.82, 2.24) is 14.5 Å². The van der Waals surface area contributed by atoms with Gasteiger partial charge in [-0.15, -0.1) is 0 Å². The molecule has 0 radical (unpaired) electrons. The molecule has 2 N–H and O–H groups in total. The fourth-order valence-electron chi connectivity index (χ4n) is 4.42. The second kappa shape index (κ2) is 9.07. The maximum absolute atomic E-state index is 13.7. The highest BCUT2D eigenvalue weighted by Crippen LogP contribution is 2.27. The van der Waals surface area contributed by atoms with Crippen LogP contribution in [-0.4, -0.2) is 26.2 Å². The van der Waals surface area contributed by atoms with Gasteiger partial charge in [-0.3, -0.25) is 14.2 Å². The Labute approximate surface area is 207 Å². The number of aromatic amines is 1. The molecule has 0 atom stereocenters. The van der Waals surface area contributed by atoms with Crippen LogP contribution in [0.4, 0.5) is 5.69 Å². The summed E-state index contributed by atoms with van der Waals surface area (Å²) in [6.07, 6.45) is 0. The summed E-state index contributed by atoms with van der Waals surface area (Å²) in [5.74, 6) is -0.0273. The predicted octanol–water partition coefficient (Wildman–Crippen LogP) is 5.83. The number of nitrogens with zero attached hydrogens (tertiary/aromatic N) is 2. The number of anilines is 1. The topological polar surface area (TPSA) is 79.8 Å². The molecule has 2 heterocycles. The zero-order valence-electron chi connectivity index (χ0n) is 20.1. The van der Waals surface area contributed by atoms with E-state index in [0.29, 0.717) is 16.2 Å². The molecule has 0 saturated heterocycles. The molecule has 0 aliphatic rings. The van der Waals surface area contributed by atoms with Crippen LogP contribution in [0.25, 0.3) is 27.6 Å². The normalized spacial score (nSPS) is 11.3. The van der Waals surface area contributed by atoms with Crippen molar-refractivity contribution in [1.29, 1.82) is 0 Å². The number of carbonyl (C=O) groups excluding carboxylic acids is 1. The van der Waals surface area contributed by atoms with E-state index in [4.69, 9.17) is 4.98 Å². The zero-order valence-corrected chi connectivity index (χ0v) is 20.9. The molecule has 3 aromatic carbocycles. The summed E-state index contributed by atoms with van der Waals surface area (Å²) in [5.41, 5.74) is 7.50. The van der Waals surface area contributed by atoms with Gasteiger partial charge >= 0.3 is 0 Å². The third-order valence-corrected chi connectivity index (χ3v) is 6.89. The number of nitrogens with one attached hydrogen (secondary N) is 2. The van der Waals surface area contributed by atoms with Crippen LogP contribution in [0.2, 0.25) is 0 Å². The summed E-state index contributed by atoms with van der Waals surface area (Å²) < 4.78 is 1.60. The van der Waals surface area contributed by atoms with Crippen LogP contribution < -0.4 is 10.9 Å². The highest BCUT2D eigenvalue weighted by molar-refractivity contribution is 7.99. The van der Waals surface area contributed by atoms with Crippen LogP contribution in [0.3, 0.4) is 0 Å². The molecular weight excluding hydrogens is 456 g/mol. The smallest absolute Gasteiger partial charge is 0.283 e.